The van der Waals surface area contributed by atoms with E-state index in [1.807, 2.05) is 6.08 Å². The molecule has 3 heteroatoms. The number of fused-ring (bicyclic) bond motifs is 2. The van der Waals surface area contributed by atoms with Gasteiger partial charge in [0.05, 0.1) is 6.04 Å². The maximum Gasteiger partial charge on any atom is 0.237 e. The van der Waals surface area contributed by atoms with Gasteiger partial charge in [-0.15, -0.1) is 6.58 Å². The van der Waals surface area contributed by atoms with Gasteiger partial charge in [0.25, 0.3) is 0 Å². The van der Waals surface area contributed by atoms with Crippen LogP contribution in [0.5, 0.6) is 0 Å². The smallest absolute Gasteiger partial charge is 0.237 e. The highest BCUT2D eigenvalue weighted by Gasteiger charge is 2.33. The van der Waals surface area contributed by atoms with Crippen molar-refractivity contribution in [2.45, 2.75) is 31.3 Å². The van der Waals surface area contributed by atoms with E-state index in [-0.39, 0.29) is 11.9 Å². The van der Waals surface area contributed by atoms with Crippen LogP contribution in [0.15, 0.2) is 12.7 Å². The van der Waals surface area contributed by atoms with Gasteiger partial charge in [-0.1, -0.05) is 6.08 Å². The molecule has 2 rings (SSSR count). The van der Waals surface area contributed by atoms with E-state index in [0.29, 0.717) is 12.0 Å². The van der Waals surface area contributed by atoms with Crippen LogP contribution in [0.25, 0.3) is 0 Å². The number of carbonyl (C=O) groups is 1. The van der Waals surface area contributed by atoms with Gasteiger partial charge in [0.1, 0.15) is 0 Å². The van der Waals surface area contributed by atoms with Crippen LogP contribution in [0.3, 0.4) is 0 Å². The molecule has 0 aromatic heterocycles. The molecule has 13 heavy (non-hydrogen) atoms. The largest absolute Gasteiger partial charge is 0.354 e. The molecule has 0 spiro atoms. The molecule has 2 saturated heterocycles. The van der Waals surface area contributed by atoms with Crippen LogP contribution in [0.1, 0.15) is 19.3 Å². The van der Waals surface area contributed by atoms with Gasteiger partial charge in [0.2, 0.25) is 5.91 Å². The van der Waals surface area contributed by atoms with Gasteiger partial charge < -0.3 is 10.6 Å². The number of piperidine rings is 1. The van der Waals surface area contributed by atoms with Crippen molar-refractivity contribution < 1.29 is 4.79 Å². The third-order valence-electron chi connectivity index (χ3n) is 3.07. The molecule has 0 aromatic rings. The predicted molar refractivity (Wildman–Crippen MR) is 51.3 cm³/mol. The van der Waals surface area contributed by atoms with Crippen molar-refractivity contribution in [1.29, 1.82) is 0 Å². The predicted octanol–water partition coefficient (Wildman–Crippen LogP) is 0.429. The fourth-order valence-electron chi connectivity index (χ4n) is 2.24. The van der Waals surface area contributed by atoms with Gasteiger partial charge in [0.15, 0.2) is 0 Å². The average molecular weight is 180 g/mol. The van der Waals surface area contributed by atoms with E-state index in [1.165, 1.54) is 6.42 Å². The zero-order valence-corrected chi connectivity index (χ0v) is 7.75. The van der Waals surface area contributed by atoms with Crippen molar-refractivity contribution in [3.8, 4) is 0 Å². The topological polar surface area (TPSA) is 41.1 Å². The second kappa shape index (κ2) is 3.50. The normalized spacial score (nSPS) is 39.1. The van der Waals surface area contributed by atoms with Gasteiger partial charge >= 0.3 is 0 Å². The first-order chi connectivity index (χ1) is 6.31. The Morgan fingerprint density at radius 2 is 2.31 bits per heavy atom. The Bertz CT molecular complexity index is 227. The van der Waals surface area contributed by atoms with E-state index in [0.717, 1.165) is 19.4 Å². The van der Waals surface area contributed by atoms with Crippen molar-refractivity contribution in [1.82, 2.24) is 10.6 Å². The van der Waals surface area contributed by atoms with Crippen LogP contribution < -0.4 is 10.6 Å². The molecule has 3 atom stereocenters. The fraction of sp³-hybridized carbons (Fsp3) is 0.700. The second-order valence-corrected chi connectivity index (χ2v) is 3.90. The standard InChI is InChI=1S/C10H16N2O/c1-2-7-6-11-10(13)9-5-3-4-8(7)12-9/h2,7-9,12H,1,3-6H2,(H,11,13). The van der Waals surface area contributed by atoms with Gasteiger partial charge in [-0.05, 0) is 19.3 Å². The van der Waals surface area contributed by atoms with E-state index < -0.39 is 0 Å². The molecule has 0 radical (unpaired) electrons. The summed E-state index contributed by atoms with van der Waals surface area (Å²) < 4.78 is 0. The molecule has 72 valence electrons. The molecular weight excluding hydrogens is 164 g/mol. The zero-order chi connectivity index (χ0) is 9.26. The molecule has 2 fully saturated rings. The van der Waals surface area contributed by atoms with Crippen LogP contribution in [0.4, 0.5) is 0 Å². The number of nitrogens with one attached hydrogen (secondary N) is 2. The van der Waals surface area contributed by atoms with Crippen LogP contribution in [-0.4, -0.2) is 24.5 Å². The molecule has 2 aliphatic rings. The Labute approximate surface area is 78.6 Å². The number of rotatable bonds is 1. The van der Waals surface area contributed by atoms with E-state index in [2.05, 4.69) is 17.2 Å². The summed E-state index contributed by atoms with van der Waals surface area (Å²) in [5, 5.41) is 6.33. The monoisotopic (exact) mass is 180 g/mol. The van der Waals surface area contributed by atoms with Crippen LogP contribution >= 0.6 is 0 Å². The van der Waals surface area contributed by atoms with Crippen molar-refractivity contribution in [2.24, 2.45) is 5.92 Å². The van der Waals surface area contributed by atoms with Crippen molar-refractivity contribution in [2.75, 3.05) is 6.54 Å². The molecule has 0 aliphatic carbocycles. The summed E-state index contributed by atoms with van der Waals surface area (Å²) >= 11 is 0. The highest BCUT2D eigenvalue weighted by molar-refractivity contribution is 5.82. The minimum Gasteiger partial charge on any atom is -0.354 e. The lowest BCUT2D eigenvalue weighted by atomic mass is 9.91. The Morgan fingerprint density at radius 3 is 3.08 bits per heavy atom. The Kier molecular flexibility index (Phi) is 2.36. The molecular formula is C10H16N2O. The lowest BCUT2D eigenvalue weighted by molar-refractivity contribution is -0.123. The summed E-state index contributed by atoms with van der Waals surface area (Å²) in [4.78, 5) is 11.5. The lowest BCUT2D eigenvalue weighted by Crippen LogP contribution is -2.48. The SMILES string of the molecule is C=CC1CNC(=O)C2CCCC1N2. The Balaban J connectivity index is 2.14. The summed E-state index contributed by atoms with van der Waals surface area (Å²) in [7, 11) is 0. The average Bonchev–Trinajstić information content (AvgIpc) is 2.27. The first kappa shape index (κ1) is 8.75. The summed E-state index contributed by atoms with van der Waals surface area (Å²) in [6, 6.07) is 0.499. The maximum absolute atomic E-state index is 11.5. The fourth-order valence-corrected chi connectivity index (χ4v) is 2.24. The van der Waals surface area contributed by atoms with Crippen molar-refractivity contribution in [3.05, 3.63) is 12.7 Å². The quantitative estimate of drug-likeness (QED) is 0.574. The molecule has 0 saturated carbocycles. The molecule has 2 aliphatic heterocycles. The maximum atomic E-state index is 11.5. The third-order valence-corrected chi connectivity index (χ3v) is 3.07. The molecule has 1 amide bonds. The molecule has 3 unspecified atom stereocenters. The first-order valence-electron chi connectivity index (χ1n) is 4.97. The van der Waals surface area contributed by atoms with Gasteiger partial charge in [-0.2, -0.15) is 0 Å². The molecule has 3 nitrogen and oxygen atoms in total. The van der Waals surface area contributed by atoms with Gasteiger partial charge in [-0.25, -0.2) is 0 Å². The summed E-state index contributed by atoms with van der Waals surface area (Å²) in [6.45, 7) is 4.55. The van der Waals surface area contributed by atoms with E-state index >= 15 is 0 Å². The van der Waals surface area contributed by atoms with E-state index in [4.69, 9.17) is 0 Å². The third kappa shape index (κ3) is 1.61. The summed E-state index contributed by atoms with van der Waals surface area (Å²) in [5.41, 5.74) is 0. The minimum atomic E-state index is 0.0451. The lowest BCUT2D eigenvalue weighted by Gasteiger charge is -2.29. The molecule has 2 bridgehead atoms. The molecule has 2 N–H and O–H groups in total. The number of hydrogen-bond acceptors (Lipinski definition) is 2. The first-order valence-corrected chi connectivity index (χ1v) is 4.97. The Hall–Kier alpha value is -0.830. The van der Waals surface area contributed by atoms with Crippen LogP contribution in [0, 0.1) is 5.92 Å². The molecule has 0 aromatic carbocycles. The van der Waals surface area contributed by atoms with Gasteiger partial charge in [-0.3, -0.25) is 4.79 Å². The zero-order valence-electron chi connectivity index (χ0n) is 7.75. The van der Waals surface area contributed by atoms with Crippen LogP contribution in [0.2, 0.25) is 0 Å². The van der Waals surface area contributed by atoms with Gasteiger partial charge in [0, 0.05) is 18.5 Å². The van der Waals surface area contributed by atoms with Crippen molar-refractivity contribution in [3.63, 3.8) is 0 Å². The summed E-state index contributed by atoms with van der Waals surface area (Å²) in [6.07, 6.45) is 5.25. The number of amides is 1. The number of hydrogen-bond donors (Lipinski definition) is 2. The van der Waals surface area contributed by atoms with Crippen molar-refractivity contribution >= 4 is 5.91 Å². The highest BCUT2D eigenvalue weighted by Crippen LogP contribution is 2.21. The molecule has 2 heterocycles. The van der Waals surface area contributed by atoms with E-state index in [1.54, 1.807) is 0 Å². The van der Waals surface area contributed by atoms with E-state index in [9.17, 15) is 4.79 Å². The number of carbonyl (C=O) groups excluding carboxylic acids is 1. The van der Waals surface area contributed by atoms with Crippen LogP contribution in [-0.2, 0) is 4.79 Å². The highest BCUT2D eigenvalue weighted by atomic mass is 16.2. The summed E-state index contributed by atoms with van der Waals surface area (Å²) in [5.74, 6) is 0.559. The minimum absolute atomic E-state index is 0.0451. The Morgan fingerprint density at radius 1 is 1.46 bits per heavy atom. The second-order valence-electron chi connectivity index (χ2n) is 3.90.